The van der Waals surface area contributed by atoms with Crippen LogP contribution < -0.4 is 5.73 Å². The van der Waals surface area contributed by atoms with Crippen LogP contribution in [0.4, 0.5) is 0 Å². The molecule has 0 spiro atoms. The maximum Gasteiger partial charge on any atom is 0.222 e. The summed E-state index contributed by atoms with van der Waals surface area (Å²) in [5, 5.41) is 0. The van der Waals surface area contributed by atoms with Crippen LogP contribution in [0.25, 0.3) is 0 Å². The Morgan fingerprint density at radius 1 is 1.24 bits per heavy atom. The Kier molecular flexibility index (Phi) is 3.99. The minimum Gasteiger partial charge on any atom is -0.341 e. The summed E-state index contributed by atoms with van der Waals surface area (Å²) in [6.07, 6.45) is 7.30. The molecule has 0 radical (unpaired) electrons. The van der Waals surface area contributed by atoms with Gasteiger partial charge in [-0.2, -0.15) is 0 Å². The Hall–Kier alpha value is -0.280. The number of halogens is 1. The van der Waals surface area contributed by atoms with Gasteiger partial charge in [-0.15, -0.1) is 12.4 Å². The molecule has 98 valence electrons. The van der Waals surface area contributed by atoms with Gasteiger partial charge in [-0.25, -0.2) is 0 Å². The smallest absolute Gasteiger partial charge is 0.222 e. The normalized spacial score (nSPS) is 39.5. The molecule has 3 unspecified atom stereocenters. The SMILES string of the molecule is Cl.N[C@H]1CCN(C(=O)CC2CC3CCC2C3)C1. The van der Waals surface area contributed by atoms with E-state index >= 15 is 0 Å². The molecule has 3 fully saturated rings. The number of hydrogen-bond acceptors (Lipinski definition) is 2. The molecule has 17 heavy (non-hydrogen) atoms. The third-order valence-corrected chi connectivity index (χ3v) is 4.90. The molecule has 3 rings (SSSR count). The van der Waals surface area contributed by atoms with Gasteiger partial charge < -0.3 is 10.6 Å². The number of fused-ring (bicyclic) bond motifs is 2. The lowest BCUT2D eigenvalue weighted by atomic mass is 9.86. The molecule has 4 atom stereocenters. The lowest BCUT2D eigenvalue weighted by molar-refractivity contribution is -0.131. The zero-order chi connectivity index (χ0) is 11.1. The molecule has 3 nitrogen and oxygen atoms in total. The highest BCUT2D eigenvalue weighted by atomic mass is 35.5. The number of hydrogen-bond donors (Lipinski definition) is 1. The summed E-state index contributed by atoms with van der Waals surface area (Å²) in [5.74, 6) is 2.88. The van der Waals surface area contributed by atoms with Crippen LogP contribution in [0.3, 0.4) is 0 Å². The van der Waals surface area contributed by atoms with E-state index in [9.17, 15) is 4.79 Å². The maximum absolute atomic E-state index is 12.1. The maximum atomic E-state index is 12.1. The third kappa shape index (κ3) is 2.60. The van der Waals surface area contributed by atoms with Gasteiger partial charge in [0.05, 0.1) is 0 Å². The molecular formula is C13H23ClN2O. The van der Waals surface area contributed by atoms with Crippen molar-refractivity contribution in [3.63, 3.8) is 0 Å². The van der Waals surface area contributed by atoms with Crippen molar-refractivity contribution in [2.75, 3.05) is 13.1 Å². The minimum absolute atomic E-state index is 0. The zero-order valence-electron chi connectivity index (χ0n) is 10.3. The highest BCUT2D eigenvalue weighted by Gasteiger charge is 2.40. The van der Waals surface area contributed by atoms with Crippen molar-refractivity contribution < 1.29 is 4.79 Å². The van der Waals surface area contributed by atoms with Crippen LogP contribution in [0, 0.1) is 17.8 Å². The van der Waals surface area contributed by atoms with E-state index in [4.69, 9.17) is 5.73 Å². The molecule has 1 aliphatic heterocycles. The van der Waals surface area contributed by atoms with Crippen molar-refractivity contribution in [1.29, 1.82) is 0 Å². The van der Waals surface area contributed by atoms with Crippen molar-refractivity contribution in [1.82, 2.24) is 4.90 Å². The number of amides is 1. The van der Waals surface area contributed by atoms with E-state index in [0.29, 0.717) is 11.8 Å². The van der Waals surface area contributed by atoms with Gasteiger partial charge in [0.15, 0.2) is 0 Å². The number of nitrogens with two attached hydrogens (primary N) is 1. The number of likely N-dealkylation sites (tertiary alicyclic amines) is 1. The van der Waals surface area contributed by atoms with Crippen LogP contribution in [-0.2, 0) is 4.79 Å². The Morgan fingerprint density at radius 3 is 2.59 bits per heavy atom. The first-order chi connectivity index (χ1) is 7.72. The topological polar surface area (TPSA) is 46.3 Å². The molecule has 2 aliphatic carbocycles. The molecule has 1 heterocycles. The molecular weight excluding hydrogens is 236 g/mol. The van der Waals surface area contributed by atoms with Gasteiger partial charge in [0.2, 0.25) is 5.91 Å². The summed E-state index contributed by atoms with van der Waals surface area (Å²) in [4.78, 5) is 14.1. The fourth-order valence-corrected chi connectivity index (χ4v) is 3.99. The highest BCUT2D eigenvalue weighted by Crippen LogP contribution is 2.49. The van der Waals surface area contributed by atoms with Crippen molar-refractivity contribution in [2.45, 2.75) is 44.6 Å². The van der Waals surface area contributed by atoms with Crippen LogP contribution >= 0.6 is 12.4 Å². The summed E-state index contributed by atoms with van der Waals surface area (Å²) in [5.41, 5.74) is 5.84. The molecule has 1 saturated heterocycles. The second kappa shape index (κ2) is 5.15. The van der Waals surface area contributed by atoms with Crippen LogP contribution in [0.1, 0.15) is 38.5 Å². The predicted octanol–water partition coefficient (Wildman–Crippen LogP) is 1.79. The molecule has 3 aliphatic rings. The van der Waals surface area contributed by atoms with Crippen LogP contribution in [0.15, 0.2) is 0 Å². The summed E-state index contributed by atoms with van der Waals surface area (Å²) in [6.45, 7) is 1.68. The molecule has 0 aromatic carbocycles. The first-order valence-electron chi connectivity index (χ1n) is 6.75. The second-order valence-electron chi connectivity index (χ2n) is 6.03. The largest absolute Gasteiger partial charge is 0.341 e. The van der Waals surface area contributed by atoms with Gasteiger partial charge in [-0.1, -0.05) is 6.42 Å². The summed E-state index contributed by atoms with van der Waals surface area (Å²) in [7, 11) is 0. The molecule has 2 N–H and O–H groups in total. The molecule has 2 bridgehead atoms. The summed E-state index contributed by atoms with van der Waals surface area (Å²) >= 11 is 0. The van der Waals surface area contributed by atoms with Crippen molar-refractivity contribution in [2.24, 2.45) is 23.5 Å². The minimum atomic E-state index is 0. The monoisotopic (exact) mass is 258 g/mol. The summed E-state index contributed by atoms with van der Waals surface area (Å²) in [6, 6.07) is 0.226. The standard InChI is InChI=1S/C13H22N2O.ClH/c14-12-3-4-15(8-12)13(16)7-11-6-9-1-2-10(11)5-9;/h9-12H,1-8,14H2;1H/t9?,10?,11?,12-;/m0./s1. The van der Waals surface area contributed by atoms with Crippen molar-refractivity contribution in [3.05, 3.63) is 0 Å². The average molecular weight is 259 g/mol. The zero-order valence-corrected chi connectivity index (χ0v) is 11.1. The molecule has 4 heteroatoms. The van der Waals surface area contributed by atoms with Crippen molar-refractivity contribution in [3.8, 4) is 0 Å². The first-order valence-corrected chi connectivity index (χ1v) is 6.75. The number of carbonyl (C=O) groups excluding carboxylic acids is 1. The van der Waals surface area contributed by atoms with Crippen LogP contribution in [0.5, 0.6) is 0 Å². The van der Waals surface area contributed by atoms with E-state index in [-0.39, 0.29) is 18.4 Å². The van der Waals surface area contributed by atoms with E-state index in [1.807, 2.05) is 4.90 Å². The molecule has 0 aromatic heterocycles. The Labute approximate surface area is 110 Å². The van der Waals surface area contributed by atoms with Gasteiger partial charge in [0.1, 0.15) is 0 Å². The van der Waals surface area contributed by atoms with Crippen molar-refractivity contribution >= 4 is 18.3 Å². The van der Waals surface area contributed by atoms with E-state index in [1.165, 1.54) is 25.7 Å². The van der Waals surface area contributed by atoms with E-state index in [1.54, 1.807) is 0 Å². The fourth-order valence-electron chi connectivity index (χ4n) is 3.99. The number of rotatable bonds is 2. The molecule has 0 aromatic rings. The number of nitrogens with zero attached hydrogens (tertiary/aromatic N) is 1. The third-order valence-electron chi connectivity index (χ3n) is 4.90. The summed E-state index contributed by atoms with van der Waals surface area (Å²) < 4.78 is 0. The average Bonchev–Trinajstić information content (AvgIpc) is 2.92. The first kappa shape index (κ1) is 13.2. The van der Waals surface area contributed by atoms with E-state index < -0.39 is 0 Å². The Balaban J connectivity index is 0.00000108. The van der Waals surface area contributed by atoms with Crippen LogP contribution in [0.2, 0.25) is 0 Å². The Bertz CT molecular complexity index is 297. The lowest BCUT2D eigenvalue weighted by Gasteiger charge is -2.24. The lowest BCUT2D eigenvalue weighted by Crippen LogP contribution is -2.33. The molecule has 1 amide bonds. The quantitative estimate of drug-likeness (QED) is 0.821. The van der Waals surface area contributed by atoms with E-state index in [0.717, 1.165) is 37.8 Å². The van der Waals surface area contributed by atoms with E-state index in [2.05, 4.69) is 0 Å². The predicted molar refractivity (Wildman–Crippen MR) is 70.0 cm³/mol. The van der Waals surface area contributed by atoms with Gasteiger partial charge in [0, 0.05) is 25.6 Å². The van der Waals surface area contributed by atoms with Gasteiger partial charge in [0.25, 0.3) is 0 Å². The highest BCUT2D eigenvalue weighted by molar-refractivity contribution is 5.85. The Morgan fingerprint density at radius 2 is 2.06 bits per heavy atom. The second-order valence-corrected chi connectivity index (χ2v) is 6.03. The van der Waals surface area contributed by atoms with Gasteiger partial charge in [-0.3, -0.25) is 4.79 Å². The van der Waals surface area contributed by atoms with Crippen LogP contribution in [-0.4, -0.2) is 29.9 Å². The molecule has 2 saturated carbocycles. The van der Waals surface area contributed by atoms with Gasteiger partial charge in [-0.05, 0) is 43.4 Å². The fraction of sp³-hybridized carbons (Fsp3) is 0.923. The van der Waals surface area contributed by atoms with Gasteiger partial charge >= 0.3 is 0 Å². The number of carbonyl (C=O) groups is 1.